The molecule has 8 heteroatoms. The predicted octanol–water partition coefficient (Wildman–Crippen LogP) is 2.04. The van der Waals surface area contributed by atoms with Gasteiger partial charge in [-0.3, -0.25) is 14.9 Å². The first-order chi connectivity index (χ1) is 9.65. The lowest BCUT2D eigenvalue weighted by Gasteiger charge is -1.97. The van der Waals surface area contributed by atoms with Crippen LogP contribution >= 0.6 is 11.8 Å². The van der Waals surface area contributed by atoms with Gasteiger partial charge in [-0.15, -0.1) is 0 Å². The molecule has 1 aliphatic rings. The fourth-order valence-electron chi connectivity index (χ4n) is 1.91. The van der Waals surface area contributed by atoms with Crippen LogP contribution in [0.4, 0.5) is 5.69 Å². The van der Waals surface area contributed by atoms with E-state index in [1.807, 2.05) is 0 Å². The van der Waals surface area contributed by atoms with Crippen LogP contribution in [0.1, 0.15) is 11.8 Å². The van der Waals surface area contributed by atoms with Crippen molar-refractivity contribution in [2.75, 3.05) is 11.5 Å². The van der Waals surface area contributed by atoms with Crippen molar-refractivity contribution >= 4 is 23.2 Å². The maximum atomic E-state index is 11.6. The van der Waals surface area contributed by atoms with E-state index >= 15 is 0 Å². The molecule has 0 N–H and O–H groups in total. The number of nitro benzene ring substituents is 1. The zero-order valence-electron chi connectivity index (χ0n) is 10.2. The number of rotatable bonds is 3. The number of non-ortho nitro benzene ring substituents is 1. The quantitative estimate of drug-likeness (QED) is 0.630. The fourth-order valence-corrected chi connectivity index (χ4v) is 2.99. The topological polar surface area (TPSA) is 99.1 Å². The van der Waals surface area contributed by atoms with Crippen LogP contribution < -0.4 is 0 Å². The van der Waals surface area contributed by atoms with Crippen LogP contribution in [0.2, 0.25) is 0 Å². The van der Waals surface area contributed by atoms with Gasteiger partial charge in [0.05, 0.1) is 10.7 Å². The van der Waals surface area contributed by atoms with Crippen LogP contribution in [-0.2, 0) is 4.79 Å². The molecule has 102 valence electrons. The average Bonchev–Trinajstić information content (AvgIpc) is 3.07. The lowest BCUT2D eigenvalue weighted by molar-refractivity contribution is -0.384. The molecule has 1 unspecified atom stereocenters. The van der Waals surface area contributed by atoms with Crippen LogP contribution in [0, 0.1) is 10.1 Å². The summed E-state index contributed by atoms with van der Waals surface area (Å²) in [5.74, 6) is 1.53. The average molecular weight is 291 g/mol. The number of carbonyl (C=O) groups is 1. The Balaban J connectivity index is 1.86. The summed E-state index contributed by atoms with van der Waals surface area (Å²) in [5, 5.41) is 14.4. The van der Waals surface area contributed by atoms with Crippen LogP contribution in [0.15, 0.2) is 28.8 Å². The van der Waals surface area contributed by atoms with Crippen molar-refractivity contribution in [1.29, 1.82) is 0 Å². The van der Waals surface area contributed by atoms with Gasteiger partial charge in [-0.25, -0.2) is 0 Å². The Morgan fingerprint density at radius 2 is 2.10 bits per heavy atom. The highest BCUT2D eigenvalue weighted by Crippen LogP contribution is 2.30. The number of aromatic nitrogens is 2. The summed E-state index contributed by atoms with van der Waals surface area (Å²) in [4.78, 5) is 25.9. The molecule has 0 amide bonds. The molecule has 7 nitrogen and oxygen atoms in total. The number of thioether (sulfide) groups is 1. The van der Waals surface area contributed by atoms with Crippen molar-refractivity contribution in [2.24, 2.45) is 0 Å². The van der Waals surface area contributed by atoms with E-state index in [1.165, 1.54) is 12.1 Å². The van der Waals surface area contributed by atoms with Crippen LogP contribution in [0.5, 0.6) is 0 Å². The minimum atomic E-state index is -0.472. The maximum absolute atomic E-state index is 11.6. The van der Waals surface area contributed by atoms with Crippen molar-refractivity contribution in [3.63, 3.8) is 0 Å². The van der Waals surface area contributed by atoms with E-state index in [9.17, 15) is 14.9 Å². The largest absolute Gasteiger partial charge is 0.338 e. The highest BCUT2D eigenvalue weighted by molar-refractivity contribution is 8.00. The molecule has 1 aromatic carbocycles. The SMILES string of the molecule is O=C1CSCC1c1nc(-c2ccc([N+](=O)[O-])cc2)no1. The van der Waals surface area contributed by atoms with Gasteiger partial charge in [-0.1, -0.05) is 5.16 Å². The van der Waals surface area contributed by atoms with Crippen molar-refractivity contribution in [2.45, 2.75) is 5.92 Å². The zero-order valence-corrected chi connectivity index (χ0v) is 11.0. The van der Waals surface area contributed by atoms with Gasteiger partial charge >= 0.3 is 0 Å². The first-order valence-electron chi connectivity index (χ1n) is 5.84. The minimum absolute atomic E-state index is 0.000149. The Hall–Kier alpha value is -2.22. The van der Waals surface area contributed by atoms with E-state index in [1.54, 1.807) is 23.9 Å². The summed E-state index contributed by atoms with van der Waals surface area (Å²) in [6, 6.07) is 5.86. The normalized spacial score (nSPS) is 18.4. The molecule has 1 atom stereocenters. The molecule has 3 rings (SSSR count). The smallest absolute Gasteiger partial charge is 0.269 e. The van der Waals surface area contributed by atoms with Gasteiger partial charge < -0.3 is 4.52 Å². The third-order valence-electron chi connectivity index (χ3n) is 2.99. The van der Waals surface area contributed by atoms with Gasteiger partial charge in [0.1, 0.15) is 5.92 Å². The van der Waals surface area contributed by atoms with E-state index < -0.39 is 4.92 Å². The lowest BCUT2D eigenvalue weighted by Crippen LogP contribution is -2.09. The van der Waals surface area contributed by atoms with Gasteiger partial charge in [0.25, 0.3) is 5.69 Å². The Morgan fingerprint density at radius 3 is 2.70 bits per heavy atom. The zero-order chi connectivity index (χ0) is 14.1. The highest BCUT2D eigenvalue weighted by Gasteiger charge is 2.31. The Kier molecular flexibility index (Phi) is 3.23. The van der Waals surface area contributed by atoms with Crippen LogP contribution in [0.25, 0.3) is 11.4 Å². The van der Waals surface area contributed by atoms with Gasteiger partial charge in [0, 0.05) is 23.4 Å². The summed E-state index contributed by atoms with van der Waals surface area (Å²) in [5.41, 5.74) is 0.614. The number of hydrogen-bond donors (Lipinski definition) is 0. The van der Waals surface area contributed by atoms with Gasteiger partial charge in [-0.05, 0) is 12.1 Å². The number of hydrogen-bond acceptors (Lipinski definition) is 7. The Bertz CT molecular complexity index is 668. The summed E-state index contributed by atoms with van der Waals surface area (Å²) in [6.07, 6.45) is 0. The number of Topliss-reactive ketones (excluding diaryl/α,β-unsaturated/α-hetero) is 1. The first kappa shape index (κ1) is 12.8. The van der Waals surface area contributed by atoms with Crippen molar-refractivity contribution in [3.05, 3.63) is 40.3 Å². The fraction of sp³-hybridized carbons (Fsp3) is 0.250. The Labute approximate surface area is 117 Å². The third-order valence-corrected chi connectivity index (χ3v) is 4.05. The summed E-state index contributed by atoms with van der Waals surface area (Å²) in [6.45, 7) is 0. The molecule has 20 heavy (non-hydrogen) atoms. The highest BCUT2D eigenvalue weighted by atomic mass is 32.2. The van der Waals surface area contributed by atoms with E-state index in [0.29, 0.717) is 28.8 Å². The van der Waals surface area contributed by atoms with Crippen LogP contribution in [0.3, 0.4) is 0 Å². The number of benzene rings is 1. The molecular formula is C12H9N3O4S. The second kappa shape index (κ2) is 5.04. The Morgan fingerprint density at radius 1 is 1.35 bits per heavy atom. The molecule has 1 saturated heterocycles. The second-order valence-electron chi connectivity index (χ2n) is 4.29. The molecule has 0 spiro atoms. The molecule has 1 fully saturated rings. The molecule has 1 aliphatic heterocycles. The van der Waals surface area contributed by atoms with Crippen molar-refractivity contribution in [1.82, 2.24) is 10.1 Å². The first-order valence-corrected chi connectivity index (χ1v) is 6.99. The second-order valence-corrected chi connectivity index (χ2v) is 5.32. The maximum Gasteiger partial charge on any atom is 0.269 e. The number of nitrogens with zero attached hydrogens (tertiary/aromatic N) is 3. The molecule has 0 saturated carbocycles. The van der Waals surface area contributed by atoms with Gasteiger partial charge in [0.2, 0.25) is 11.7 Å². The lowest BCUT2D eigenvalue weighted by atomic mass is 10.1. The number of nitro groups is 1. The van der Waals surface area contributed by atoms with E-state index in [4.69, 9.17) is 4.52 Å². The molecular weight excluding hydrogens is 282 g/mol. The standard InChI is InChI=1S/C12H9N3O4S/c16-10-6-20-5-9(10)12-13-11(14-19-12)7-1-3-8(4-2-7)15(17)18/h1-4,9H,5-6H2. The molecule has 1 aromatic heterocycles. The molecule has 0 radical (unpaired) electrons. The predicted molar refractivity (Wildman–Crippen MR) is 71.5 cm³/mol. The van der Waals surface area contributed by atoms with Crippen molar-refractivity contribution in [3.8, 4) is 11.4 Å². The van der Waals surface area contributed by atoms with E-state index in [0.717, 1.165) is 0 Å². The van der Waals surface area contributed by atoms with Gasteiger partial charge in [0.15, 0.2) is 5.78 Å². The van der Waals surface area contributed by atoms with Crippen molar-refractivity contribution < 1.29 is 14.2 Å². The molecule has 2 heterocycles. The molecule has 0 bridgehead atoms. The number of carbonyl (C=O) groups excluding carboxylic acids is 1. The molecule has 0 aliphatic carbocycles. The number of ketones is 1. The monoisotopic (exact) mass is 291 g/mol. The summed E-state index contributed by atoms with van der Waals surface area (Å²) < 4.78 is 5.12. The summed E-state index contributed by atoms with van der Waals surface area (Å²) in [7, 11) is 0. The van der Waals surface area contributed by atoms with E-state index in [2.05, 4.69) is 10.1 Å². The van der Waals surface area contributed by atoms with Crippen LogP contribution in [-0.4, -0.2) is 32.4 Å². The minimum Gasteiger partial charge on any atom is -0.338 e. The third kappa shape index (κ3) is 2.29. The van der Waals surface area contributed by atoms with Gasteiger partial charge in [-0.2, -0.15) is 16.7 Å². The van der Waals surface area contributed by atoms with E-state index in [-0.39, 0.29) is 17.4 Å². The summed E-state index contributed by atoms with van der Waals surface area (Å²) >= 11 is 1.54. The molecule has 2 aromatic rings.